The van der Waals surface area contributed by atoms with E-state index in [1.54, 1.807) is 79.4 Å². The minimum Gasteiger partial charge on any atom is -0.497 e. The average Bonchev–Trinajstić information content (AvgIpc) is 2.82. The SMILES string of the molecule is COc1ccc(-c2c(NC(=O)c3ccc(C)cc3)n(-c3ccc(Cl)cc3)nc(C)c2=O)cc1. The van der Waals surface area contributed by atoms with Crippen molar-refractivity contribution in [1.29, 1.82) is 0 Å². The predicted molar refractivity (Wildman–Crippen MR) is 131 cm³/mol. The van der Waals surface area contributed by atoms with E-state index in [2.05, 4.69) is 10.4 Å². The lowest BCUT2D eigenvalue weighted by molar-refractivity contribution is 0.102. The number of hydrogen-bond donors (Lipinski definition) is 1. The summed E-state index contributed by atoms with van der Waals surface area (Å²) in [4.78, 5) is 26.4. The molecule has 0 aliphatic carbocycles. The number of aryl methyl sites for hydroxylation is 2. The van der Waals surface area contributed by atoms with Crippen LogP contribution in [0.1, 0.15) is 21.6 Å². The number of benzene rings is 3. The highest BCUT2D eigenvalue weighted by Gasteiger charge is 2.21. The Bertz CT molecular complexity index is 1360. The highest BCUT2D eigenvalue weighted by molar-refractivity contribution is 6.30. The Balaban J connectivity index is 1.93. The molecule has 0 unspecified atom stereocenters. The molecule has 1 N–H and O–H groups in total. The number of nitrogens with zero attached hydrogens (tertiary/aromatic N) is 2. The van der Waals surface area contributed by atoms with Gasteiger partial charge in [0.15, 0.2) is 0 Å². The number of anilines is 1. The third kappa shape index (κ3) is 4.66. The molecule has 33 heavy (non-hydrogen) atoms. The summed E-state index contributed by atoms with van der Waals surface area (Å²) in [6.45, 7) is 3.60. The molecule has 0 radical (unpaired) electrons. The molecular formula is C26H22ClN3O3. The summed E-state index contributed by atoms with van der Waals surface area (Å²) in [6.07, 6.45) is 0. The molecule has 0 bridgehead atoms. The number of aromatic nitrogens is 2. The van der Waals surface area contributed by atoms with Crippen molar-refractivity contribution in [3.8, 4) is 22.6 Å². The number of amides is 1. The molecule has 0 aliphatic rings. The lowest BCUT2D eigenvalue weighted by Gasteiger charge is -2.18. The Morgan fingerprint density at radius 3 is 2.18 bits per heavy atom. The largest absolute Gasteiger partial charge is 0.497 e. The minimum atomic E-state index is -0.350. The monoisotopic (exact) mass is 459 g/mol. The predicted octanol–water partition coefficient (Wildman–Crippen LogP) is 5.43. The standard InChI is InChI=1S/C26H22ClN3O3/c1-16-4-6-19(7-5-16)26(32)28-25-23(18-8-14-22(33-3)15-9-18)24(31)17(2)29-30(25)21-12-10-20(27)11-13-21/h4-15H,1-3H3,(H,28,32). The lowest BCUT2D eigenvalue weighted by Crippen LogP contribution is -2.25. The summed E-state index contributed by atoms with van der Waals surface area (Å²) in [7, 11) is 1.58. The van der Waals surface area contributed by atoms with Crippen molar-refractivity contribution < 1.29 is 9.53 Å². The van der Waals surface area contributed by atoms with E-state index < -0.39 is 0 Å². The first kappa shape index (κ1) is 22.3. The third-order valence-electron chi connectivity index (χ3n) is 5.25. The maximum absolute atomic E-state index is 13.3. The van der Waals surface area contributed by atoms with Crippen molar-refractivity contribution in [3.05, 3.63) is 105 Å². The topological polar surface area (TPSA) is 73.2 Å². The molecule has 166 valence electrons. The van der Waals surface area contributed by atoms with Gasteiger partial charge >= 0.3 is 0 Å². The summed E-state index contributed by atoms with van der Waals surface area (Å²) in [5, 5.41) is 7.96. The van der Waals surface area contributed by atoms with Crippen LogP contribution in [0, 0.1) is 13.8 Å². The van der Waals surface area contributed by atoms with Crippen molar-refractivity contribution in [2.45, 2.75) is 13.8 Å². The average molecular weight is 460 g/mol. The number of rotatable bonds is 5. The van der Waals surface area contributed by atoms with Crippen LogP contribution < -0.4 is 15.5 Å². The lowest BCUT2D eigenvalue weighted by atomic mass is 10.0. The second-order valence-corrected chi connectivity index (χ2v) is 8.01. The van der Waals surface area contributed by atoms with Crippen molar-refractivity contribution in [3.63, 3.8) is 0 Å². The molecule has 4 aromatic rings. The van der Waals surface area contributed by atoms with E-state index in [0.29, 0.717) is 38.8 Å². The number of carbonyl (C=O) groups excluding carboxylic acids is 1. The molecule has 1 amide bonds. The Morgan fingerprint density at radius 2 is 1.58 bits per heavy atom. The van der Waals surface area contributed by atoms with Crippen LogP contribution in [0.4, 0.5) is 5.82 Å². The fourth-order valence-corrected chi connectivity index (χ4v) is 3.56. The van der Waals surface area contributed by atoms with Crippen LogP contribution in [0.2, 0.25) is 5.02 Å². The molecule has 1 heterocycles. The van der Waals surface area contributed by atoms with Gasteiger partial charge in [0.1, 0.15) is 17.3 Å². The zero-order valence-corrected chi connectivity index (χ0v) is 19.2. The quantitative estimate of drug-likeness (QED) is 0.432. The van der Waals surface area contributed by atoms with Crippen molar-refractivity contribution in [2.24, 2.45) is 0 Å². The molecule has 0 spiro atoms. The van der Waals surface area contributed by atoms with E-state index in [9.17, 15) is 9.59 Å². The maximum atomic E-state index is 13.3. The zero-order chi connectivity index (χ0) is 23.5. The highest BCUT2D eigenvalue weighted by atomic mass is 35.5. The molecule has 0 aliphatic heterocycles. The first-order chi connectivity index (χ1) is 15.9. The van der Waals surface area contributed by atoms with E-state index in [-0.39, 0.29) is 17.2 Å². The van der Waals surface area contributed by atoms with Crippen LogP contribution in [0.15, 0.2) is 77.6 Å². The van der Waals surface area contributed by atoms with Crippen molar-refractivity contribution in [1.82, 2.24) is 9.78 Å². The van der Waals surface area contributed by atoms with Gasteiger partial charge in [0, 0.05) is 10.6 Å². The number of hydrogen-bond acceptors (Lipinski definition) is 4. The van der Waals surface area contributed by atoms with Crippen LogP contribution in [-0.2, 0) is 0 Å². The van der Waals surface area contributed by atoms with Crippen molar-refractivity contribution in [2.75, 3.05) is 12.4 Å². The number of carbonyl (C=O) groups is 1. The molecule has 3 aromatic carbocycles. The normalized spacial score (nSPS) is 10.7. The van der Waals surface area contributed by atoms with Crippen LogP contribution >= 0.6 is 11.6 Å². The summed E-state index contributed by atoms with van der Waals surface area (Å²) >= 11 is 6.07. The van der Waals surface area contributed by atoms with Gasteiger partial charge < -0.3 is 10.1 Å². The Hall–Kier alpha value is -3.90. The van der Waals surface area contributed by atoms with Crippen molar-refractivity contribution >= 4 is 23.3 Å². The molecule has 6 nitrogen and oxygen atoms in total. The number of methoxy groups -OCH3 is 1. The van der Waals surface area contributed by atoms with Gasteiger partial charge in [-0.25, -0.2) is 4.68 Å². The maximum Gasteiger partial charge on any atom is 0.256 e. The van der Waals surface area contributed by atoms with Crippen LogP contribution in [0.3, 0.4) is 0 Å². The second kappa shape index (κ2) is 9.30. The Labute approximate surface area is 196 Å². The number of halogens is 1. The molecule has 0 saturated heterocycles. The van der Waals surface area contributed by atoms with Gasteiger partial charge in [-0.15, -0.1) is 0 Å². The summed E-state index contributed by atoms with van der Waals surface area (Å²) in [6, 6.07) is 21.3. The van der Waals surface area contributed by atoms with Gasteiger partial charge in [0.2, 0.25) is 5.43 Å². The van der Waals surface area contributed by atoms with E-state index in [1.165, 1.54) is 0 Å². The van der Waals surface area contributed by atoms with E-state index in [0.717, 1.165) is 5.56 Å². The number of ether oxygens (including phenoxy) is 1. The second-order valence-electron chi connectivity index (χ2n) is 7.58. The fourth-order valence-electron chi connectivity index (χ4n) is 3.43. The molecule has 0 atom stereocenters. The molecule has 4 rings (SSSR count). The summed E-state index contributed by atoms with van der Waals surface area (Å²) in [5.41, 5.74) is 3.15. The molecule has 7 heteroatoms. The Kier molecular flexibility index (Phi) is 6.29. The highest BCUT2D eigenvalue weighted by Crippen LogP contribution is 2.29. The molecule has 1 aromatic heterocycles. The van der Waals surface area contributed by atoms with E-state index in [4.69, 9.17) is 16.3 Å². The number of nitrogens with one attached hydrogen (secondary N) is 1. The summed E-state index contributed by atoms with van der Waals surface area (Å²) in [5.74, 6) is 0.578. The summed E-state index contributed by atoms with van der Waals surface area (Å²) < 4.78 is 6.80. The van der Waals surface area contributed by atoms with Gasteiger partial charge in [0.25, 0.3) is 5.91 Å². The molecular weight excluding hydrogens is 438 g/mol. The first-order valence-corrected chi connectivity index (χ1v) is 10.7. The van der Waals surface area contributed by atoms with Crippen LogP contribution in [0.5, 0.6) is 5.75 Å². The first-order valence-electron chi connectivity index (χ1n) is 10.3. The van der Waals surface area contributed by atoms with Gasteiger partial charge in [-0.3, -0.25) is 9.59 Å². The van der Waals surface area contributed by atoms with Gasteiger partial charge in [-0.1, -0.05) is 41.4 Å². The Morgan fingerprint density at radius 1 is 0.939 bits per heavy atom. The van der Waals surface area contributed by atoms with Gasteiger partial charge in [0.05, 0.1) is 18.4 Å². The van der Waals surface area contributed by atoms with Crippen LogP contribution in [-0.4, -0.2) is 22.8 Å². The van der Waals surface area contributed by atoms with Crippen LogP contribution in [0.25, 0.3) is 16.8 Å². The third-order valence-corrected chi connectivity index (χ3v) is 5.50. The smallest absolute Gasteiger partial charge is 0.256 e. The van der Waals surface area contributed by atoms with E-state index >= 15 is 0 Å². The van der Waals surface area contributed by atoms with Gasteiger partial charge in [-0.05, 0) is 67.9 Å². The van der Waals surface area contributed by atoms with Gasteiger partial charge in [-0.2, -0.15) is 5.10 Å². The fraction of sp³-hybridized carbons (Fsp3) is 0.115. The minimum absolute atomic E-state index is 0.267. The zero-order valence-electron chi connectivity index (χ0n) is 18.4. The molecule has 0 saturated carbocycles. The molecule has 0 fully saturated rings. The van der Waals surface area contributed by atoms with E-state index in [1.807, 2.05) is 19.1 Å².